The van der Waals surface area contributed by atoms with Gasteiger partial charge in [-0.05, 0) is 43.8 Å². The first-order chi connectivity index (χ1) is 16.0. The number of H-pyrrole nitrogens is 1. The van der Waals surface area contributed by atoms with E-state index in [1.165, 1.54) is 12.1 Å². The molecule has 2 amide bonds. The number of aromatic amines is 1. The average molecular weight is 446 g/mol. The molecule has 168 valence electrons. The summed E-state index contributed by atoms with van der Waals surface area (Å²) >= 11 is 0. The van der Waals surface area contributed by atoms with E-state index in [1.807, 2.05) is 26.1 Å². The first kappa shape index (κ1) is 21.0. The number of anilines is 1. The number of halogens is 1. The van der Waals surface area contributed by atoms with Gasteiger partial charge in [0.2, 0.25) is 0 Å². The third-order valence-electron chi connectivity index (χ3n) is 5.98. The van der Waals surface area contributed by atoms with Crippen LogP contribution in [0.2, 0.25) is 0 Å². The van der Waals surface area contributed by atoms with Crippen molar-refractivity contribution in [3.05, 3.63) is 71.9 Å². The Kier molecular flexibility index (Phi) is 5.47. The average Bonchev–Trinajstić information content (AvgIpc) is 3.37. The summed E-state index contributed by atoms with van der Waals surface area (Å²) in [4.78, 5) is 23.5. The van der Waals surface area contributed by atoms with Crippen LogP contribution >= 0.6 is 0 Å². The number of likely N-dealkylation sites (N-methyl/N-ethyl adjacent to an activating group) is 1. The molecular weight excluding hydrogens is 421 g/mol. The van der Waals surface area contributed by atoms with E-state index in [-0.39, 0.29) is 23.8 Å². The molecule has 4 heterocycles. The van der Waals surface area contributed by atoms with Crippen molar-refractivity contribution in [2.75, 3.05) is 25.5 Å². The molecule has 0 unspecified atom stereocenters. The molecule has 4 aromatic rings. The predicted octanol–water partition coefficient (Wildman–Crippen LogP) is 3.69. The van der Waals surface area contributed by atoms with Crippen LogP contribution in [0.5, 0.6) is 0 Å². The predicted molar refractivity (Wildman–Crippen MR) is 124 cm³/mol. The molecule has 3 N–H and O–H groups in total. The Labute approximate surface area is 190 Å². The molecule has 2 atom stereocenters. The number of pyridine rings is 2. The zero-order chi connectivity index (χ0) is 22.9. The lowest BCUT2D eigenvalue weighted by Crippen LogP contribution is -2.42. The van der Waals surface area contributed by atoms with Gasteiger partial charge in [0.25, 0.3) is 0 Å². The molecule has 0 saturated carbocycles. The molecule has 1 aliphatic heterocycles. The van der Waals surface area contributed by atoms with Crippen LogP contribution in [0.15, 0.2) is 54.9 Å². The van der Waals surface area contributed by atoms with Gasteiger partial charge in [0.1, 0.15) is 17.3 Å². The highest BCUT2D eigenvalue weighted by Gasteiger charge is 2.33. The van der Waals surface area contributed by atoms with Crippen LogP contribution in [-0.4, -0.2) is 57.3 Å². The van der Waals surface area contributed by atoms with Crippen molar-refractivity contribution in [2.24, 2.45) is 0 Å². The minimum atomic E-state index is -0.334. The van der Waals surface area contributed by atoms with Gasteiger partial charge in [-0.15, -0.1) is 0 Å². The van der Waals surface area contributed by atoms with Gasteiger partial charge in [-0.3, -0.25) is 15.4 Å². The number of benzene rings is 1. The highest BCUT2D eigenvalue weighted by atomic mass is 19.1. The number of nitrogens with zero attached hydrogens (tertiary/aromatic N) is 4. The maximum atomic E-state index is 13.3. The van der Waals surface area contributed by atoms with Gasteiger partial charge in [-0.1, -0.05) is 12.1 Å². The highest BCUT2D eigenvalue weighted by molar-refractivity contribution is 5.95. The van der Waals surface area contributed by atoms with Crippen LogP contribution < -0.4 is 10.6 Å². The fraction of sp³-hybridized carbons (Fsp3) is 0.250. The van der Waals surface area contributed by atoms with E-state index >= 15 is 0 Å². The van der Waals surface area contributed by atoms with Gasteiger partial charge >= 0.3 is 6.03 Å². The summed E-state index contributed by atoms with van der Waals surface area (Å²) in [5.41, 5.74) is 4.42. The Morgan fingerprint density at radius 2 is 1.97 bits per heavy atom. The maximum Gasteiger partial charge on any atom is 0.320 e. The topological polar surface area (TPSA) is 98.8 Å². The SMILES string of the molecule is Cc1cc(-c2n[nH]c3cc(NC(=O)N[C@H]4CN(C)C[C@@H]4c4ccc(F)cc4)ncc23)ccn1. The highest BCUT2D eigenvalue weighted by Crippen LogP contribution is 2.28. The van der Waals surface area contributed by atoms with Crippen molar-refractivity contribution >= 4 is 22.8 Å². The van der Waals surface area contributed by atoms with E-state index in [9.17, 15) is 9.18 Å². The number of carbonyl (C=O) groups excluding carboxylic acids is 1. The van der Waals surface area contributed by atoms with Crippen LogP contribution in [0.3, 0.4) is 0 Å². The standard InChI is InChI=1S/C24H24FN7O/c1-14-9-16(7-8-26-14)23-18-11-27-22(10-20(18)30-31-23)29-24(33)28-21-13-32(2)12-19(21)15-3-5-17(25)6-4-15/h3-11,19,21H,12-13H2,1-2H3,(H,30,31)(H2,27,28,29,33)/t19-,21+/m1/s1. The van der Waals surface area contributed by atoms with Gasteiger partial charge in [0, 0.05) is 54.1 Å². The number of likely N-dealkylation sites (tertiary alicyclic amines) is 1. The summed E-state index contributed by atoms with van der Waals surface area (Å²) in [6.45, 7) is 3.42. The third kappa shape index (κ3) is 4.40. The number of urea groups is 1. The number of hydrogen-bond acceptors (Lipinski definition) is 5. The molecule has 1 saturated heterocycles. The van der Waals surface area contributed by atoms with Crippen LogP contribution in [0.4, 0.5) is 15.0 Å². The van der Waals surface area contributed by atoms with E-state index in [0.717, 1.165) is 40.0 Å². The van der Waals surface area contributed by atoms with Crippen molar-refractivity contribution < 1.29 is 9.18 Å². The summed E-state index contributed by atoms with van der Waals surface area (Å²) in [6, 6.07) is 11.7. The summed E-state index contributed by atoms with van der Waals surface area (Å²) in [5.74, 6) is 0.233. The monoisotopic (exact) mass is 445 g/mol. The molecule has 0 aliphatic carbocycles. The van der Waals surface area contributed by atoms with Crippen LogP contribution in [0, 0.1) is 12.7 Å². The minimum absolute atomic E-state index is 0.0794. The number of amides is 2. The Morgan fingerprint density at radius 3 is 2.76 bits per heavy atom. The number of nitrogens with one attached hydrogen (secondary N) is 3. The van der Waals surface area contributed by atoms with Crippen molar-refractivity contribution in [3.63, 3.8) is 0 Å². The van der Waals surface area contributed by atoms with Crippen LogP contribution in [0.1, 0.15) is 17.2 Å². The second kappa shape index (κ2) is 8.59. The lowest BCUT2D eigenvalue weighted by atomic mass is 9.94. The fourth-order valence-corrected chi connectivity index (χ4v) is 4.41. The number of rotatable bonds is 4. The van der Waals surface area contributed by atoms with Crippen LogP contribution in [-0.2, 0) is 0 Å². The van der Waals surface area contributed by atoms with Crippen molar-refractivity contribution in [2.45, 2.75) is 18.9 Å². The normalized spacial score (nSPS) is 18.5. The minimum Gasteiger partial charge on any atom is -0.333 e. The van der Waals surface area contributed by atoms with Gasteiger partial charge in [-0.25, -0.2) is 14.2 Å². The van der Waals surface area contributed by atoms with Crippen molar-refractivity contribution in [1.82, 2.24) is 30.4 Å². The lowest BCUT2D eigenvalue weighted by Gasteiger charge is -2.20. The zero-order valence-electron chi connectivity index (χ0n) is 18.3. The summed E-state index contributed by atoms with van der Waals surface area (Å²) in [5, 5.41) is 14.2. The van der Waals surface area contributed by atoms with Gasteiger partial charge in [0.05, 0.1) is 11.6 Å². The van der Waals surface area contributed by atoms with E-state index in [2.05, 4.69) is 35.7 Å². The van der Waals surface area contributed by atoms with E-state index in [1.54, 1.807) is 30.6 Å². The lowest BCUT2D eigenvalue weighted by molar-refractivity contribution is 0.247. The molecule has 1 aromatic carbocycles. The molecule has 8 nitrogen and oxygen atoms in total. The number of fused-ring (bicyclic) bond motifs is 1. The molecular formula is C24H24FN7O. The number of hydrogen-bond donors (Lipinski definition) is 3. The molecule has 0 radical (unpaired) electrons. The zero-order valence-corrected chi connectivity index (χ0v) is 18.3. The quantitative estimate of drug-likeness (QED) is 0.445. The van der Waals surface area contributed by atoms with Gasteiger partial charge < -0.3 is 10.2 Å². The third-order valence-corrected chi connectivity index (χ3v) is 5.98. The van der Waals surface area contributed by atoms with Crippen molar-refractivity contribution in [3.8, 4) is 11.3 Å². The van der Waals surface area contributed by atoms with E-state index in [0.29, 0.717) is 12.4 Å². The largest absolute Gasteiger partial charge is 0.333 e. The second-order valence-corrected chi connectivity index (χ2v) is 8.46. The molecule has 5 rings (SSSR count). The molecule has 9 heteroatoms. The number of aryl methyl sites for hydroxylation is 1. The van der Waals surface area contributed by atoms with Crippen LogP contribution in [0.25, 0.3) is 22.2 Å². The first-order valence-electron chi connectivity index (χ1n) is 10.7. The smallest absolute Gasteiger partial charge is 0.320 e. The maximum absolute atomic E-state index is 13.3. The Bertz CT molecular complexity index is 1300. The summed E-state index contributed by atoms with van der Waals surface area (Å²) < 4.78 is 13.3. The fourth-order valence-electron chi connectivity index (χ4n) is 4.41. The Hall–Kier alpha value is -3.85. The summed E-state index contributed by atoms with van der Waals surface area (Å²) in [7, 11) is 2.01. The molecule has 0 spiro atoms. The second-order valence-electron chi connectivity index (χ2n) is 8.46. The molecule has 33 heavy (non-hydrogen) atoms. The first-order valence-corrected chi connectivity index (χ1v) is 10.7. The van der Waals surface area contributed by atoms with Gasteiger partial charge in [-0.2, -0.15) is 5.10 Å². The van der Waals surface area contributed by atoms with E-state index in [4.69, 9.17) is 0 Å². The molecule has 1 aliphatic rings. The Balaban J connectivity index is 1.30. The van der Waals surface area contributed by atoms with Gasteiger partial charge in [0.15, 0.2) is 0 Å². The number of carbonyl (C=O) groups is 1. The Morgan fingerprint density at radius 1 is 1.15 bits per heavy atom. The molecule has 3 aromatic heterocycles. The molecule has 0 bridgehead atoms. The van der Waals surface area contributed by atoms with E-state index < -0.39 is 0 Å². The summed E-state index contributed by atoms with van der Waals surface area (Å²) in [6.07, 6.45) is 3.45. The number of aromatic nitrogens is 4. The molecule has 1 fully saturated rings. The van der Waals surface area contributed by atoms with Crippen molar-refractivity contribution in [1.29, 1.82) is 0 Å².